The first-order valence-corrected chi connectivity index (χ1v) is 9.03. The molecular weight excluding hydrogens is 391 g/mol. The number of nitrogens with one attached hydrogen (secondary N) is 1. The molecule has 3 rings (SSSR count). The van der Waals surface area contributed by atoms with Crippen molar-refractivity contribution in [1.82, 2.24) is 29.8 Å². The Morgan fingerprint density at radius 3 is 2.59 bits per heavy atom. The van der Waals surface area contributed by atoms with Crippen LogP contribution in [0.15, 0.2) is 18.5 Å². The molecular formula is C17H30Cl2N6O2. The van der Waals surface area contributed by atoms with Gasteiger partial charge in [0.05, 0.1) is 6.54 Å². The number of hydrogen-bond acceptors (Lipinski definition) is 5. The average Bonchev–Trinajstić information content (AvgIpc) is 3.32. The van der Waals surface area contributed by atoms with Crippen molar-refractivity contribution in [2.75, 3.05) is 52.9 Å². The van der Waals surface area contributed by atoms with Crippen LogP contribution in [0.3, 0.4) is 0 Å². The van der Waals surface area contributed by atoms with E-state index in [0.29, 0.717) is 6.04 Å². The third kappa shape index (κ3) is 5.81. The molecule has 2 fully saturated rings. The molecule has 10 heteroatoms. The Kier molecular flexibility index (Phi) is 9.52. The highest BCUT2D eigenvalue weighted by atomic mass is 35.5. The second-order valence-electron chi connectivity index (χ2n) is 6.92. The van der Waals surface area contributed by atoms with Crippen LogP contribution in [0.4, 0.5) is 0 Å². The molecule has 0 spiro atoms. The van der Waals surface area contributed by atoms with E-state index in [4.69, 9.17) is 0 Å². The number of rotatable bonds is 5. The molecule has 2 unspecified atom stereocenters. The smallest absolute Gasteiger partial charge is 0.247 e. The van der Waals surface area contributed by atoms with E-state index in [1.54, 1.807) is 37.1 Å². The Hall–Kier alpha value is -1.35. The molecule has 1 N–H and O–H groups in total. The molecule has 8 nitrogen and oxygen atoms in total. The number of hydrogen-bond donors (Lipinski definition) is 1. The Balaban J connectivity index is 0.00000182. The summed E-state index contributed by atoms with van der Waals surface area (Å²) in [7, 11) is 1.68. The highest BCUT2D eigenvalue weighted by Crippen LogP contribution is 2.17. The lowest BCUT2D eigenvalue weighted by Crippen LogP contribution is -2.50. The van der Waals surface area contributed by atoms with Gasteiger partial charge in [-0.2, -0.15) is 5.10 Å². The molecule has 2 amide bonds. The van der Waals surface area contributed by atoms with E-state index >= 15 is 0 Å². The highest BCUT2D eigenvalue weighted by Gasteiger charge is 2.32. The van der Waals surface area contributed by atoms with Crippen molar-refractivity contribution in [2.45, 2.75) is 25.4 Å². The lowest BCUT2D eigenvalue weighted by molar-refractivity contribution is -0.140. The Morgan fingerprint density at radius 2 is 1.96 bits per heavy atom. The summed E-state index contributed by atoms with van der Waals surface area (Å²) >= 11 is 0. The lowest BCUT2D eigenvalue weighted by Gasteiger charge is -2.32. The summed E-state index contributed by atoms with van der Waals surface area (Å²) in [5, 5.41) is 7.46. The van der Waals surface area contributed by atoms with Crippen LogP contribution in [-0.4, -0.2) is 95.2 Å². The van der Waals surface area contributed by atoms with Gasteiger partial charge >= 0.3 is 0 Å². The molecule has 0 aromatic carbocycles. The van der Waals surface area contributed by atoms with Crippen molar-refractivity contribution in [3.63, 3.8) is 0 Å². The van der Waals surface area contributed by atoms with E-state index < -0.39 is 6.04 Å². The largest absolute Gasteiger partial charge is 0.340 e. The van der Waals surface area contributed by atoms with Crippen LogP contribution in [0.1, 0.15) is 19.4 Å². The summed E-state index contributed by atoms with van der Waals surface area (Å²) in [6, 6.07) is 1.84. The Morgan fingerprint density at radius 1 is 1.26 bits per heavy atom. The van der Waals surface area contributed by atoms with E-state index in [1.165, 1.54) is 4.90 Å². The molecule has 0 aliphatic carbocycles. The Bertz CT molecular complexity index is 594. The molecule has 27 heavy (non-hydrogen) atoms. The van der Waals surface area contributed by atoms with Crippen LogP contribution in [0.5, 0.6) is 0 Å². The van der Waals surface area contributed by atoms with Gasteiger partial charge in [-0.25, -0.2) is 0 Å². The first kappa shape index (κ1) is 23.7. The fourth-order valence-corrected chi connectivity index (χ4v) is 3.64. The van der Waals surface area contributed by atoms with Gasteiger partial charge in [0, 0.05) is 64.8 Å². The van der Waals surface area contributed by atoms with E-state index in [2.05, 4.69) is 15.3 Å². The van der Waals surface area contributed by atoms with Gasteiger partial charge in [0.2, 0.25) is 11.8 Å². The number of carbonyl (C=O) groups is 2. The molecule has 2 aliphatic rings. The van der Waals surface area contributed by atoms with Crippen LogP contribution in [0.2, 0.25) is 0 Å². The fourth-order valence-electron chi connectivity index (χ4n) is 3.64. The maximum Gasteiger partial charge on any atom is 0.247 e. The summed E-state index contributed by atoms with van der Waals surface area (Å²) in [5.74, 6) is -0.0731. The van der Waals surface area contributed by atoms with Crippen molar-refractivity contribution in [1.29, 1.82) is 0 Å². The number of nitrogens with zero attached hydrogens (tertiary/aromatic N) is 5. The minimum absolute atomic E-state index is 0. The van der Waals surface area contributed by atoms with Gasteiger partial charge in [-0.3, -0.25) is 19.2 Å². The van der Waals surface area contributed by atoms with Crippen molar-refractivity contribution in [3.05, 3.63) is 18.5 Å². The summed E-state index contributed by atoms with van der Waals surface area (Å²) in [4.78, 5) is 30.9. The Labute approximate surface area is 173 Å². The number of piperazine rings is 1. The van der Waals surface area contributed by atoms with E-state index in [1.807, 2.05) is 4.90 Å². The van der Waals surface area contributed by atoms with Gasteiger partial charge < -0.3 is 15.1 Å². The third-order valence-corrected chi connectivity index (χ3v) is 5.21. The first-order valence-electron chi connectivity index (χ1n) is 9.03. The second-order valence-corrected chi connectivity index (χ2v) is 6.92. The number of likely N-dealkylation sites (N-methyl/N-ethyl adjacent to an activating group) is 1. The van der Waals surface area contributed by atoms with Crippen molar-refractivity contribution in [2.24, 2.45) is 0 Å². The number of likely N-dealkylation sites (tertiary alicyclic amines) is 1. The quantitative estimate of drug-likeness (QED) is 0.738. The van der Waals surface area contributed by atoms with Gasteiger partial charge in [-0.15, -0.1) is 24.8 Å². The number of halogens is 2. The van der Waals surface area contributed by atoms with E-state index in [9.17, 15) is 9.59 Å². The first-order chi connectivity index (χ1) is 12.1. The van der Waals surface area contributed by atoms with Gasteiger partial charge in [0.25, 0.3) is 0 Å². The summed E-state index contributed by atoms with van der Waals surface area (Å²) < 4.78 is 1.61. The molecule has 0 radical (unpaired) electrons. The number of aromatic nitrogens is 2. The molecule has 0 bridgehead atoms. The number of carbonyl (C=O) groups excluding carboxylic acids is 2. The zero-order valence-electron chi connectivity index (χ0n) is 15.9. The molecule has 0 saturated carbocycles. The summed E-state index contributed by atoms with van der Waals surface area (Å²) in [6.45, 7) is 7.62. The maximum absolute atomic E-state index is 12.6. The monoisotopic (exact) mass is 420 g/mol. The van der Waals surface area contributed by atoms with Crippen molar-refractivity contribution >= 4 is 36.6 Å². The van der Waals surface area contributed by atoms with Gasteiger partial charge in [0.1, 0.15) is 6.04 Å². The maximum atomic E-state index is 12.6. The molecule has 1 aromatic rings. The van der Waals surface area contributed by atoms with Crippen LogP contribution in [-0.2, 0) is 9.59 Å². The predicted molar refractivity (Wildman–Crippen MR) is 108 cm³/mol. The van der Waals surface area contributed by atoms with Crippen molar-refractivity contribution in [3.8, 4) is 0 Å². The fraction of sp³-hybridized carbons (Fsp3) is 0.706. The molecule has 2 atom stereocenters. The summed E-state index contributed by atoms with van der Waals surface area (Å²) in [5.41, 5.74) is 0. The van der Waals surface area contributed by atoms with Crippen LogP contribution < -0.4 is 5.32 Å². The minimum atomic E-state index is -0.403. The molecule has 1 aromatic heterocycles. The predicted octanol–water partition coefficient (Wildman–Crippen LogP) is 0.252. The average molecular weight is 421 g/mol. The lowest BCUT2D eigenvalue weighted by atomic mass is 10.2. The third-order valence-electron chi connectivity index (χ3n) is 5.21. The second kappa shape index (κ2) is 10.8. The summed E-state index contributed by atoms with van der Waals surface area (Å²) in [6.07, 6.45) is 4.43. The van der Waals surface area contributed by atoms with Crippen LogP contribution in [0, 0.1) is 0 Å². The van der Waals surface area contributed by atoms with E-state index in [0.717, 1.165) is 45.7 Å². The zero-order valence-corrected chi connectivity index (χ0v) is 17.5. The number of amides is 2. The standard InChI is InChI=1S/C17H28N6O2.2ClH/c1-14(23-8-3-5-19-23)17(25)20(2)13-16(24)22-9-4-15(12-22)21-10-6-18-7-11-21;;/h3,5,8,14-15,18H,4,6-7,9-13H2,1-2H3;2*1H. The normalized spacial score (nSPS) is 21.1. The van der Waals surface area contributed by atoms with Crippen LogP contribution >= 0.6 is 24.8 Å². The topological polar surface area (TPSA) is 73.7 Å². The molecule has 3 heterocycles. The SMILES string of the molecule is CC(C(=O)N(C)CC(=O)N1CCC(N2CCNCC2)C1)n1cccn1.Cl.Cl. The highest BCUT2D eigenvalue weighted by molar-refractivity contribution is 5.86. The van der Waals surface area contributed by atoms with Crippen LogP contribution in [0.25, 0.3) is 0 Å². The van der Waals surface area contributed by atoms with Crippen molar-refractivity contribution < 1.29 is 9.59 Å². The zero-order chi connectivity index (χ0) is 17.8. The van der Waals surface area contributed by atoms with Gasteiger partial charge in [0.15, 0.2) is 0 Å². The molecule has 154 valence electrons. The minimum Gasteiger partial charge on any atom is -0.340 e. The molecule has 2 saturated heterocycles. The molecule has 2 aliphatic heterocycles. The van der Waals surface area contributed by atoms with Gasteiger partial charge in [-0.1, -0.05) is 0 Å². The van der Waals surface area contributed by atoms with Gasteiger partial charge in [-0.05, 0) is 19.4 Å². The van der Waals surface area contributed by atoms with E-state index in [-0.39, 0.29) is 43.2 Å².